The fourth-order valence-corrected chi connectivity index (χ4v) is 5.57. The zero-order valence-electron chi connectivity index (χ0n) is 21.1. The number of hydrogen-bond donors (Lipinski definition) is 2. The van der Waals surface area contributed by atoms with Gasteiger partial charge in [-0.1, -0.05) is 11.3 Å². The van der Waals surface area contributed by atoms with E-state index in [0.29, 0.717) is 11.0 Å². The standard InChI is InChI=1S/C22H26N10O4S2/c1-5-31(6-2)14-8-7-13-9-15(19(33)36-17(13)10-14)18-16(11-25-28-20(23)24)32-21(27-18)37-22(29-32)38(34,35)26-12-30(3)4/h7-12H,5-6H2,1-4H3,(H4,23,24,28)/b25-11+,26-12?. The third-order valence-electron chi connectivity index (χ3n) is 5.31. The molecule has 0 fully saturated rings. The van der Waals surface area contributed by atoms with E-state index in [4.69, 9.17) is 15.9 Å². The van der Waals surface area contributed by atoms with Crippen molar-refractivity contribution >= 4 is 61.5 Å². The van der Waals surface area contributed by atoms with E-state index in [1.165, 1.54) is 15.6 Å². The quantitative estimate of drug-likeness (QED) is 0.131. The first kappa shape index (κ1) is 26.7. The summed E-state index contributed by atoms with van der Waals surface area (Å²) in [4.78, 5) is 21.3. The van der Waals surface area contributed by atoms with Gasteiger partial charge in [-0.25, -0.2) is 14.3 Å². The minimum absolute atomic E-state index is 0.131. The van der Waals surface area contributed by atoms with Crippen molar-refractivity contribution < 1.29 is 12.8 Å². The monoisotopic (exact) mass is 558 g/mol. The number of nitrogens with zero attached hydrogens (tertiary/aromatic N) is 8. The van der Waals surface area contributed by atoms with E-state index in [1.54, 1.807) is 20.2 Å². The molecule has 0 radical (unpaired) electrons. The van der Waals surface area contributed by atoms with E-state index in [9.17, 15) is 13.2 Å². The average molecular weight is 559 g/mol. The lowest BCUT2D eigenvalue weighted by atomic mass is 10.1. The summed E-state index contributed by atoms with van der Waals surface area (Å²) in [5.41, 5.74) is 11.9. The Hall–Kier alpha value is -4.31. The van der Waals surface area contributed by atoms with Crippen LogP contribution in [-0.2, 0) is 10.0 Å². The van der Waals surface area contributed by atoms with Gasteiger partial charge in [0.1, 0.15) is 23.3 Å². The second-order valence-electron chi connectivity index (χ2n) is 8.18. The largest absolute Gasteiger partial charge is 0.422 e. The maximum absolute atomic E-state index is 13.1. The minimum Gasteiger partial charge on any atom is -0.422 e. The fourth-order valence-electron chi connectivity index (χ4n) is 3.57. The molecule has 4 aromatic rings. The summed E-state index contributed by atoms with van der Waals surface area (Å²) in [6.07, 6.45) is 2.37. The second kappa shape index (κ2) is 10.6. The molecule has 1 aromatic carbocycles. The average Bonchev–Trinajstić information content (AvgIpc) is 3.42. The Balaban J connectivity index is 1.88. The van der Waals surface area contributed by atoms with Crippen molar-refractivity contribution in [2.45, 2.75) is 18.2 Å². The summed E-state index contributed by atoms with van der Waals surface area (Å²) >= 11 is 0.780. The van der Waals surface area contributed by atoms with Crippen LogP contribution in [0.3, 0.4) is 0 Å². The van der Waals surface area contributed by atoms with Gasteiger partial charge in [-0.2, -0.15) is 13.5 Å². The Labute approximate surface area is 221 Å². The number of imidazole rings is 1. The third kappa shape index (κ3) is 5.35. The molecular formula is C22H26N10O4S2. The van der Waals surface area contributed by atoms with Crippen LogP contribution in [0.1, 0.15) is 19.5 Å². The molecule has 0 aliphatic carbocycles. The van der Waals surface area contributed by atoms with Crippen LogP contribution >= 0.6 is 11.3 Å². The zero-order valence-corrected chi connectivity index (χ0v) is 22.7. The van der Waals surface area contributed by atoms with Gasteiger partial charge in [0.2, 0.25) is 10.9 Å². The van der Waals surface area contributed by atoms with Crippen molar-refractivity contribution in [1.82, 2.24) is 19.5 Å². The van der Waals surface area contributed by atoms with Crippen molar-refractivity contribution in [2.75, 3.05) is 32.1 Å². The first-order chi connectivity index (χ1) is 18.0. The lowest BCUT2D eigenvalue weighted by Crippen LogP contribution is -2.21. The smallest absolute Gasteiger partial charge is 0.345 e. The van der Waals surface area contributed by atoms with Gasteiger partial charge >= 0.3 is 15.6 Å². The third-order valence-corrected chi connectivity index (χ3v) is 7.79. The van der Waals surface area contributed by atoms with Crippen LogP contribution in [0.15, 0.2) is 52.4 Å². The van der Waals surface area contributed by atoms with Gasteiger partial charge in [-0.15, -0.1) is 14.6 Å². The summed E-state index contributed by atoms with van der Waals surface area (Å²) in [5, 5.41) is 12.2. The minimum atomic E-state index is -4.09. The number of nitrogens with two attached hydrogens (primary N) is 2. The van der Waals surface area contributed by atoms with Gasteiger partial charge in [0.15, 0.2) is 0 Å². The van der Waals surface area contributed by atoms with Crippen LogP contribution in [-0.4, -0.2) is 73.6 Å². The molecule has 0 unspecified atom stereocenters. The van der Waals surface area contributed by atoms with Gasteiger partial charge in [0.05, 0.1) is 11.8 Å². The molecule has 3 aromatic heterocycles. The topological polar surface area (TPSA) is 190 Å². The van der Waals surface area contributed by atoms with Gasteiger partial charge in [0, 0.05) is 44.3 Å². The highest BCUT2D eigenvalue weighted by Crippen LogP contribution is 2.29. The Morgan fingerprint density at radius 1 is 1.21 bits per heavy atom. The molecule has 3 heterocycles. The molecule has 38 heavy (non-hydrogen) atoms. The Morgan fingerprint density at radius 3 is 2.61 bits per heavy atom. The summed E-state index contributed by atoms with van der Waals surface area (Å²) < 4.78 is 35.4. The van der Waals surface area contributed by atoms with Crippen molar-refractivity contribution in [3.05, 3.63) is 40.4 Å². The van der Waals surface area contributed by atoms with E-state index < -0.39 is 15.6 Å². The van der Waals surface area contributed by atoms with Gasteiger partial charge < -0.3 is 25.7 Å². The van der Waals surface area contributed by atoms with E-state index in [0.717, 1.165) is 36.5 Å². The number of anilines is 1. The van der Waals surface area contributed by atoms with Crippen molar-refractivity contribution in [1.29, 1.82) is 0 Å². The summed E-state index contributed by atoms with van der Waals surface area (Å²) in [6.45, 7) is 5.70. The Morgan fingerprint density at radius 2 is 1.95 bits per heavy atom. The molecular weight excluding hydrogens is 532 g/mol. The molecule has 16 heteroatoms. The van der Waals surface area contributed by atoms with Gasteiger partial charge in [-0.05, 0) is 32.0 Å². The molecule has 0 spiro atoms. The van der Waals surface area contributed by atoms with Crippen LogP contribution in [0.2, 0.25) is 0 Å². The lowest BCUT2D eigenvalue weighted by Gasteiger charge is -2.20. The predicted molar refractivity (Wildman–Crippen MR) is 149 cm³/mol. The number of sulfonamides is 1. The zero-order chi connectivity index (χ0) is 27.6. The molecule has 0 aliphatic heterocycles. The maximum Gasteiger partial charge on any atom is 0.345 e. The fraction of sp³-hybridized carbons (Fsp3) is 0.273. The molecule has 200 valence electrons. The molecule has 0 aliphatic rings. The van der Waals surface area contributed by atoms with Crippen LogP contribution in [0.25, 0.3) is 27.2 Å². The van der Waals surface area contributed by atoms with E-state index in [-0.39, 0.29) is 32.2 Å². The van der Waals surface area contributed by atoms with Crippen LogP contribution in [0.4, 0.5) is 5.69 Å². The van der Waals surface area contributed by atoms with Crippen molar-refractivity contribution in [3.8, 4) is 11.3 Å². The summed E-state index contributed by atoms with van der Waals surface area (Å²) in [6, 6.07) is 7.26. The van der Waals surface area contributed by atoms with Crippen molar-refractivity contribution in [2.24, 2.45) is 26.1 Å². The SMILES string of the molecule is CCN(CC)c1ccc2cc(-c3nc4sc(S(=O)(=O)N=CN(C)C)nn4c3/C=N/N=C(N)N)c(=O)oc2c1. The highest BCUT2D eigenvalue weighted by atomic mass is 32.2. The molecule has 14 nitrogen and oxygen atoms in total. The molecule has 4 N–H and O–H groups in total. The summed E-state index contributed by atoms with van der Waals surface area (Å²) in [5.74, 6) is -0.294. The highest BCUT2D eigenvalue weighted by molar-refractivity contribution is 7.92. The Bertz CT molecular complexity index is 1740. The van der Waals surface area contributed by atoms with E-state index >= 15 is 0 Å². The predicted octanol–water partition coefficient (Wildman–Crippen LogP) is 1.30. The number of aromatic nitrogens is 3. The molecule has 0 saturated heterocycles. The molecule has 0 atom stereocenters. The highest BCUT2D eigenvalue weighted by Gasteiger charge is 2.25. The van der Waals surface area contributed by atoms with E-state index in [1.807, 2.05) is 32.0 Å². The number of rotatable bonds is 9. The molecule has 0 amide bonds. The summed E-state index contributed by atoms with van der Waals surface area (Å²) in [7, 11) is -0.817. The van der Waals surface area contributed by atoms with Gasteiger partial charge in [0.25, 0.3) is 4.34 Å². The maximum atomic E-state index is 13.1. The number of guanidine groups is 1. The van der Waals surface area contributed by atoms with Crippen LogP contribution in [0.5, 0.6) is 0 Å². The number of fused-ring (bicyclic) bond motifs is 2. The van der Waals surface area contributed by atoms with E-state index in [2.05, 4.69) is 29.6 Å². The first-order valence-corrected chi connectivity index (χ1v) is 13.6. The van der Waals surface area contributed by atoms with Gasteiger partial charge in [-0.3, -0.25) is 0 Å². The molecule has 0 saturated carbocycles. The number of benzene rings is 1. The number of hydrogen-bond acceptors (Lipinski definition) is 10. The Kier molecular flexibility index (Phi) is 7.45. The molecule has 4 rings (SSSR count). The van der Waals surface area contributed by atoms with Crippen molar-refractivity contribution in [3.63, 3.8) is 0 Å². The second-order valence-corrected chi connectivity index (χ2v) is 10.9. The normalized spacial score (nSPS) is 12.2. The van der Waals surface area contributed by atoms with Crippen LogP contribution < -0.4 is 22.0 Å². The first-order valence-electron chi connectivity index (χ1n) is 11.4. The molecule has 0 bridgehead atoms. The lowest BCUT2D eigenvalue weighted by molar-refractivity contribution is 0.563. The van der Waals surface area contributed by atoms with Crippen LogP contribution in [0, 0.1) is 0 Å².